The Labute approximate surface area is 210 Å². The molecule has 0 atom stereocenters. The lowest BCUT2D eigenvalue weighted by Gasteiger charge is -2.30. The summed E-state index contributed by atoms with van der Waals surface area (Å²) < 4.78 is 27.7. The molecule has 35 heavy (non-hydrogen) atoms. The van der Waals surface area contributed by atoms with E-state index in [1.54, 1.807) is 29.5 Å². The van der Waals surface area contributed by atoms with E-state index in [4.69, 9.17) is 0 Å². The van der Waals surface area contributed by atoms with Crippen LogP contribution in [0.3, 0.4) is 0 Å². The smallest absolute Gasteiger partial charge is 0.275 e. The summed E-state index contributed by atoms with van der Waals surface area (Å²) in [6.45, 7) is 6.45. The van der Waals surface area contributed by atoms with Crippen LogP contribution in [-0.2, 0) is 5.92 Å². The molecule has 0 spiro atoms. The number of rotatable bonds is 9. The van der Waals surface area contributed by atoms with Crippen molar-refractivity contribution in [1.29, 1.82) is 0 Å². The number of nitrogens with one attached hydrogen (secondary N) is 1. The van der Waals surface area contributed by atoms with Crippen LogP contribution in [0.4, 0.5) is 14.5 Å². The third kappa shape index (κ3) is 6.53. The number of unbranched alkanes of at least 4 members (excludes halogenated alkanes) is 2. The Morgan fingerprint density at radius 3 is 2.66 bits per heavy atom. The van der Waals surface area contributed by atoms with E-state index >= 15 is 0 Å². The van der Waals surface area contributed by atoms with Crippen molar-refractivity contribution in [2.24, 2.45) is 0 Å². The summed E-state index contributed by atoms with van der Waals surface area (Å²) in [4.78, 5) is 20.2. The number of hydrogen-bond acceptors (Lipinski definition) is 4. The molecule has 2 heterocycles. The molecule has 1 fully saturated rings. The maximum absolute atomic E-state index is 13.8. The molecule has 0 aliphatic carbocycles. The SMILES string of the molecule is CCCCCN1CCC(c2nc(C(=O)Nc3ccccc3-c3cccc(C(C)(F)F)c3)cs2)CC1. The number of carbonyl (C=O) groups is 1. The van der Waals surface area contributed by atoms with Gasteiger partial charge in [-0.3, -0.25) is 4.79 Å². The number of anilines is 1. The number of para-hydroxylation sites is 1. The van der Waals surface area contributed by atoms with E-state index in [2.05, 4.69) is 22.1 Å². The Morgan fingerprint density at radius 2 is 1.91 bits per heavy atom. The van der Waals surface area contributed by atoms with Gasteiger partial charge in [0.15, 0.2) is 0 Å². The molecule has 4 rings (SSSR count). The number of alkyl halides is 2. The average molecular weight is 498 g/mol. The standard InChI is InChI=1S/C28H33F2N3OS/c1-3-4-7-15-33-16-13-20(14-17-33)27-32-25(19-35-27)26(34)31-24-12-6-5-11-23(24)21-9-8-10-22(18-21)28(2,29)30/h5-6,8-12,18-20H,3-4,7,13-17H2,1-2H3,(H,31,34). The van der Waals surface area contributed by atoms with Gasteiger partial charge in [0, 0.05) is 35.0 Å². The average Bonchev–Trinajstić information content (AvgIpc) is 3.35. The summed E-state index contributed by atoms with van der Waals surface area (Å²) in [5.41, 5.74) is 2.24. The fourth-order valence-corrected chi connectivity index (χ4v) is 5.53. The van der Waals surface area contributed by atoms with Gasteiger partial charge in [0.05, 0.1) is 5.01 Å². The second-order valence-corrected chi connectivity index (χ2v) is 10.3. The third-order valence-corrected chi connectivity index (χ3v) is 7.63. The Balaban J connectivity index is 1.42. The summed E-state index contributed by atoms with van der Waals surface area (Å²) in [6.07, 6.45) is 5.93. The van der Waals surface area contributed by atoms with Gasteiger partial charge in [-0.1, -0.05) is 56.2 Å². The highest BCUT2D eigenvalue weighted by atomic mass is 32.1. The molecule has 4 nitrogen and oxygen atoms in total. The van der Waals surface area contributed by atoms with E-state index in [0.717, 1.165) is 37.9 Å². The minimum Gasteiger partial charge on any atom is -0.320 e. The van der Waals surface area contributed by atoms with Crippen molar-refractivity contribution in [3.05, 3.63) is 70.2 Å². The zero-order valence-corrected chi connectivity index (χ0v) is 21.2. The van der Waals surface area contributed by atoms with Crippen LogP contribution in [0.25, 0.3) is 11.1 Å². The molecule has 1 saturated heterocycles. The van der Waals surface area contributed by atoms with Crippen LogP contribution in [-0.4, -0.2) is 35.4 Å². The molecule has 7 heteroatoms. The maximum atomic E-state index is 13.8. The molecule has 186 valence electrons. The van der Waals surface area contributed by atoms with E-state index < -0.39 is 5.92 Å². The number of amides is 1. The summed E-state index contributed by atoms with van der Waals surface area (Å²) in [5, 5.41) is 5.79. The highest BCUT2D eigenvalue weighted by Gasteiger charge is 2.26. The van der Waals surface area contributed by atoms with Gasteiger partial charge in [0.1, 0.15) is 5.69 Å². The monoisotopic (exact) mass is 497 g/mol. The largest absolute Gasteiger partial charge is 0.320 e. The number of nitrogens with zero attached hydrogens (tertiary/aromatic N) is 2. The first-order valence-corrected chi connectivity index (χ1v) is 13.3. The molecule has 1 aliphatic heterocycles. The highest BCUT2D eigenvalue weighted by molar-refractivity contribution is 7.10. The molecule has 0 radical (unpaired) electrons. The van der Waals surface area contributed by atoms with Gasteiger partial charge in [0.2, 0.25) is 0 Å². The fourth-order valence-electron chi connectivity index (χ4n) is 4.56. The van der Waals surface area contributed by atoms with Crippen LogP contribution < -0.4 is 5.32 Å². The Hall–Kier alpha value is -2.64. The van der Waals surface area contributed by atoms with Gasteiger partial charge in [-0.25, -0.2) is 13.8 Å². The van der Waals surface area contributed by atoms with Crippen LogP contribution in [0.15, 0.2) is 53.9 Å². The lowest BCUT2D eigenvalue weighted by molar-refractivity contribution is 0.0175. The Bertz CT molecular complexity index is 1130. The van der Waals surface area contributed by atoms with Crippen molar-refractivity contribution in [3.63, 3.8) is 0 Å². The number of thiazole rings is 1. The molecule has 2 aromatic carbocycles. The first-order chi connectivity index (χ1) is 16.8. The van der Waals surface area contributed by atoms with Crippen LogP contribution in [0.5, 0.6) is 0 Å². The Kier molecular flexibility index (Phi) is 8.29. The summed E-state index contributed by atoms with van der Waals surface area (Å²) in [6, 6.07) is 13.5. The topological polar surface area (TPSA) is 45.2 Å². The first-order valence-electron chi connectivity index (χ1n) is 12.4. The minimum atomic E-state index is -2.93. The molecule has 0 saturated carbocycles. The van der Waals surface area contributed by atoms with E-state index in [-0.39, 0.29) is 11.5 Å². The highest BCUT2D eigenvalue weighted by Crippen LogP contribution is 2.34. The number of aromatic nitrogens is 1. The van der Waals surface area contributed by atoms with Crippen molar-refractivity contribution in [2.45, 2.75) is 57.8 Å². The zero-order chi connectivity index (χ0) is 24.8. The second-order valence-electron chi connectivity index (χ2n) is 9.36. The van der Waals surface area contributed by atoms with Crippen molar-refractivity contribution in [2.75, 3.05) is 25.0 Å². The summed E-state index contributed by atoms with van der Waals surface area (Å²) in [5.74, 6) is -2.82. The molecule has 1 aliphatic rings. The zero-order valence-electron chi connectivity index (χ0n) is 20.4. The first kappa shape index (κ1) is 25.5. The molecule has 0 bridgehead atoms. The fraction of sp³-hybridized carbons (Fsp3) is 0.429. The summed E-state index contributed by atoms with van der Waals surface area (Å²) >= 11 is 1.55. The molecular weight excluding hydrogens is 464 g/mol. The van der Waals surface area contributed by atoms with Crippen LogP contribution >= 0.6 is 11.3 Å². The molecular formula is C28H33F2N3OS. The van der Waals surface area contributed by atoms with Gasteiger partial charge in [0.25, 0.3) is 11.8 Å². The quantitative estimate of drug-likeness (QED) is 0.311. The number of likely N-dealkylation sites (tertiary alicyclic amines) is 1. The number of carbonyl (C=O) groups excluding carboxylic acids is 1. The van der Waals surface area contributed by atoms with Gasteiger partial charge in [-0.05, 0) is 56.6 Å². The van der Waals surface area contributed by atoms with Crippen LogP contribution in [0.2, 0.25) is 0 Å². The van der Waals surface area contributed by atoms with Gasteiger partial charge in [-0.15, -0.1) is 11.3 Å². The van der Waals surface area contributed by atoms with Gasteiger partial charge >= 0.3 is 0 Å². The van der Waals surface area contributed by atoms with Gasteiger partial charge < -0.3 is 10.2 Å². The number of hydrogen-bond donors (Lipinski definition) is 1. The van der Waals surface area contributed by atoms with E-state index in [9.17, 15) is 13.6 Å². The van der Waals surface area contributed by atoms with E-state index in [1.165, 1.54) is 37.9 Å². The number of piperidine rings is 1. The van der Waals surface area contributed by atoms with E-state index in [1.807, 2.05) is 23.6 Å². The number of halogens is 2. The third-order valence-electron chi connectivity index (χ3n) is 6.63. The van der Waals surface area contributed by atoms with E-state index in [0.29, 0.717) is 28.4 Å². The molecule has 1 aromatic heterocycles. The predicted molar refractivity (Wildman–Crippen MR) is 139 cm³/mol. The minimum absolute atomic E-state index is 0.0586. The van der Waals surface area contributed by atoms with Crippen LogP contribution in [0, 0.1) is 0 Å². The molecule has 3 aromatic rings. The van der Waals surface area contributed by atoms with Gasteiger partial charge in [-0.2, -0.15) is 0 Å². The normalized spacial score (nSPS) is 15.3. The van der Waals surface area contributed by atoms with Crippen LogP contribution in [0.1, 0.15) is 72.9 Å². The van der Waals surface area contributed by atoms with Crippen molar-refractivity contribution in [3.8, 4) is 11.1 Å². The summed E-state index contributed by atoms with van der Waals surface area (Å²) in [7, 11) is 0. The molecule has 0 unspecified atom stereocenters. The molecule has 1 N–H and O–H groups in total. The lowest BCUT2D eigenvalue weighted by atomic mass is 9.97. The van der Waals surface area contributed by atoms with Crippen molar-refractivity contribution >= 4 is 22.9 Å². The predicted octanol–water partition coefficient (Wildman–Crippen LogP) is 7.54. The Morgan fingerprint density at radius 1 is 1.14 bits per heavy atom. The maximum Gasteiger partial charge on any atom is 0.275 e. The number of benzene rings is 2. The van der Waals surface area contributed by atoms with Crippen molar-refractivity contribution in [1.82, 2.24) is 9.88 Å². The molecule has 1 amide bonds. The van der Waals surface area contributed by atoms with Crippen molar-refractivity contribution < 1.29 is 13.6 Å². The second kappa shape index (κ2) is 11.4. The lowest BCUT2D eigenvalue weighted by Crippen LogP contribution is -2.33.